The maximum absolute atomic E-state index is 5.89. The van der Waals surface area contributed by atoms with Crippen molar-refractivity contribution in [3.8, 4) is 0 Å². The van der Waals surface area contributed by atoms with Crippen molar-refractivity contribution in [2.45, 2.75) is 44.6 Å². The third-order valence-corrected chi connectivity index (χ3v) is 4.42. The van der Waals surface area contributed by atoms with Gasteiger partial charge in [-0.2, -0.15) is 5.10 Å². The van der Waals surface area contributed by atoms with Crippen molar-refractivity contribution in [1.82, 2.24) is 15.2 Å². The average molecular weight is 284 g/mol. The van der Waals surface area contributed by atoms with Gasteiger partial charge in [0.25, 0.3) is 0 Å². The van der Waals surface area contributed by atoms with Crippen LogP contribution in [0, 0.1) is 0 Å². The van der Waals surface area contributed by atoms with E-state index < -0.39 is 0 Å². The highest BCUT2D eigenvalue weighted by molar-refractivity contribution is 5.82. The maximum atomic E-state index is 5.89. The van der Waals surface area contributed by atoms with E-state index in [-0.39, 0.29) is 6.04 Å². The summed E-state index contributed by atoms with van der Waals surface area (Å²) >= 11 is 0. The molecule has 1 aromatic heterocycles. The van der Waals surface area contributed by atoms with Gasteiger partial charge in [0.05, 0.1) is 17.3 Å². The molecule has 0 fully saturated rings. The second-order valence-electron chi connectivity index (χ2n) is 5.86. The zero-order valence-corrected chi connectivity index (χ0v) is 12.7. The second-order valence-corrected chi connectivity index (χ2v) is 5.86. The predicted molar refractivity (Wildman–Crippen MR) is 86.6 cm³/mol. The van der Waals surface area contributed by atoms with Crippen molar-refractivity contribution in [3.63, 3.8) is 0 Å². The Morgan fingerprint density at radius 3 is 2.86 bits per heavy atom. The van der Waals surface area contributed by atoms with Crippen molar-refractivity contribution in [1.29, 1.82) is 0 Å². The molecule has 4 nitrogen and oxygen atoms in total. The molecule has 3 N–H and O–H groups in total. The molecule has 1 aliphatic carbocycles. The lowest BCUT2D eigenvalue weighted by molar-refractivity contribution is 0.543. The van der Waals surface area contributed by atoms with E-state index in [4.69, 9.17) is 10.9 Å². The number of allylic oxidation sites excluding steroid dienone is 1. The van der Waals surface area contributed by atoms with Crippen molar-refractivity contribution >= 4 is 10.9 Å². The fourth-order valence-corrected chi connectivity index (χ4v) is 3.30. The standard InChI is InChI=1S/C17H24N4/c1-21-15-12-8-7-11-14(15)17(20-21)16(19-18)13-9-5-3-2-4-6-10-13/h7-9,11-12,16,19H,2-6,10,18H2,1H3/b13-9+. The topological polar surface area (TPSA) is 55.9 Å². The highest BCUT2D eigenvalue weighted by Crippen LogP contribution is 2.31. The van der Waals surface area contributed by atoms with Crippen LogP contribution in [-0.4, -0.2) is 9.78 Å². The highest BCUT2D eigenvalue weighted by Gasteiger charge is 2.21. The first kappa shape index (κ1) is 14.3. The molecule has 1 aromatic carbocycles. The number of fused-ring (bicyclic) bond motifs is 1. The number of hydrogen-bond donors (Lipinski definition) is 2. The number of para-hydroxylation sites is 1. The molecule has 1 aliphatic rings. The first-order valence-corrected chi connectivity index (χ1v) is 7.88. The van der Waals surface area contributed by atoms with Gasteiger partial charge in [-0.1, -0.05) is 37.1 Å². The summed E-state index contributed by atoms with van der Waals surface area (Å²) in [5.41, 5.74) is 6.58. The number of hydrogen-bond acceptors (Lipinski definition) is 3. The minimum atomic E-state index is 0.0224. The van der Waals surface area contributed by atoms with Crippen LogP contribution in [0.1, 0.15) is 50.3 Å². The zero-order chi connectivity index (χ0) is 14.7. The van der Waals surface area contributed by atoms with Gasteiger partial charge in [-0.3, -0.25) is 10.5 Å². The number of aryl methyl sites for hydroxylation is 1. The van der Waals surface area contributed by atoms with Crippen LogP contribution in [0.3, 0.4) is 0 Å². The molecule has 0 radical (unpaired) electrons. The molecule has 0 saturated carbocycles. The summed E-state index contributed by atoms with van der Waals surface area (Å²) in [4.78, 5) is 0. The number of aromatic nitrogens is 2. The minimum absolute atomic E-state index is 0.0224. The minimum Gasteiger partial charge on any atom is -0.271 e. The molecule has 1 atom stereocenters. The van der Waals surface area contributed by atoms with E-state index in [0.29, 0.717) is 0 Å². The van der Waals surface area contributed by atoms with Gasteiger partial charge in [-0.25, -0.2) is 5.43 Å². The third-order valence-electron chi connectivity index (χ3n) is 4.42. The van der Waals surface area contributed by atoms with Crippen molar-refractivity contribution < 1.29 is 0 Å². The maximum Gasteiger partial charge on any atom is 0.0927 e. The van der Waals surface area contributed by atoms with Crippen LogP contribution in [0.2, 0.25) is 0 Å². The molecular weight excluding hydrogens is 260 g/mol. The predicted octanol–water partition coefficient (Wildman–Crippen LogP) is 3.36. The molecule has 0 spiro atoms. The molecule has 1 unspecified atom stereocenters. The fourth-order valence-electron chi connectivity index (χ4n) is 3.30. The van der Waals surface area contributed by atoms with E-state index in [1.54, 1.807) is 0 Å². The monoisotopic (exact) mass is 284 g/mol. The molecule has 1 heterocycles. The molecule has 21 heavy (non-hydrogen) atoms. The molecule has 112 valence electrons. The molecular formula is C17H24N4. The van der Waals surface area contributed by atoms with Crippen LogP contribution in [0.25, 0.3) is 10.9 Å². The van der Waals surface area contributed by atoms with Crippen molar-refractivity contribution in [2.75, 3.05) is 0 Å². The summed E-state index contributed by atoms with van der Waals surface area (Å²) in [6.07, 6.45) is 9.82. The molecule has 0 saturated heterocycles. The largest absolute Gasteiger partial charge is 0.271 e. The van der Waals surface area contributed by atoms with Crippen LogP contribution < -0.4 is 11.3 Å². The lowest BCUT2D eigenvalue weighted by Crippen LogP contribution is -2.30. The summed E-state index contributed by atoms with van der Waals surface area (Å²) in [7, 11) is 1.99. The molecule has 0 bridgehead atoms. The summed E-state index contributed by atoms with van der Waals surface area (Å²) in [5, 5.41) is 5.91. The number of nitrogens with two attached hydrogens (primary N) is 1. The Bertz CT molecular complexity index is 641. The lowest BCUT2D eigenvalue weighted by Gasteiger charge is -2.20. The number of hydrazine groups is 1. The van der Waals surface area contributed by atoms with Crippen LogP contribution >= 0.6 is 0 Å². The van der Waals surface area contributed by atoms with Gasteiger partial charge < -0.3 is 0 Å². The number of nitrogens with zero attached hydrogens (tertiary/aromatic N) is 2. The van der Waals surface area contributed by atoms with E-state index in [1.165, 1.54) is 36.6 Å². The Labute approximate surface area is 126 Å². The van der Waals surface area contributed by atoms with Gasteiger partial charge >= 0.3 is 0 Å². The Kier molecular flexibility index (Phi) is 4.36. The smallest absolute Gasteiger partial charge is 0.0927 e. The van der Waals surface area contributed by atoms with E-state index in [9.17, 15) is 0 Å². The van der Waals surface area contributed by atoms with Gasteiger partial charge in [-0.15, -0.1) is 0 Å². The summed E-state index contributed by atoms with van der Waals surface area (Å²) in [6.45, 7) is 0. The van der Waals surface area contributed by atoms with E-state index in [2.05, 4.69) is 29.7 Å². The van der Waals surface area contributed by atoms with Crippen LogP contribution in [0.15, 0.2) is 35.9 Å². The number of benzene rings is 1. The fraction of sp³-hybridized carbons (Fsp3) is 0.471. The quantitative estimate of drug-likeness (QED) is 0.516. The van der Waals surface area contributed by atoms with E-state index >= 15 is 0 Å². The summed E-state index contributed by atoms with van der Waals surface area (Å²) in [6, 6.07) is 8.37. The van der Waals surface area contributed by atoms with Gasteiger partial charge in [0.15, 0.2) is 0 Å². The Morgan fingerprint density at radius 1 is 1.19 bits per heavy atom. The van der Waals surface area contributed by atoms with Crippen LogP contribution in [0.5, 0.6) is 0 Å². The molecule has 0 amide bonds. The zero-order valence-electron chi connectivity index (χ0n) is 12.7. The Morgan fingerprint density at radius 2 is 2.00 bits per heavy atom. The molecule has 0 aliphatic heterocycles. The first-order chi connectivity index (χ1) is 10.3. The number of nitrogens with one attached hydrogen (secondary N) is 1. The number of rotatable bonds is 3. The van der Waals surface area contributed by atoms with Gasteiger partial charge in [0.2, 0.25) is 0 Å². The lowest BCUT2D eigenvalue weighted by atomic mass is 9.92. The average Bonchev–Trinajstić information content (AvgIpc) is 2.80. The second kappa shape index (κ2) is 6.41. The van der Waals surface area contributed by atoms with E-state index in [1.807, 2.05) is 17.8 Å². The van der Waals surface area contributed by atoms with Crippen LogP contribution in [0.4, 0.5) is 0 Å². The molecule has 4 heteroatoms. The first-order valence-electron chi connectivity index (χ1n) is 7.88. The summed E-state index contributed by atoms with van der Waals surface area (Å²) < 4.78 is 1.94. The van der Waals surface area contributed by atoms with Gasteiger partial charge in [0, 0.05) is 12.4 Å². The van der Waals surface area contributed by atoms with Gasteiger partial charge in [0.1, 0.15) is 0 Å². The third kappa shape index (κ3) is 2.87. The normalized spacial score (nSPS) is 20.6. The molecule has 2 aromatic rings. The van der Waals surface area contributed by atoms with Crippen molar-refractivity contribution in [2.24, 2.45) is 12.9 Å². The molecule has 3 rings (SSSR count). The SMILES string of the molecule is Cn1nc(C(NN)/C2=C/CCCCCC2)c2ccccc21. The van der Waals surface area contributed by atoms with Crippen molar-refractivity contribution in [3.05, 3.63) is 41.6 Å². The Hall–Kier alpha value is -1.65. The highest BCUT2D eigenvalue weighted by atomic mass is 15.3. The van der Waals surface area contributed by atoms with Gasteiger partial charge in [-0.05, 0) is 37.3 Å². The Balaban J connectivity index is 2.01. The van der Waals surface area contributed by atoms with E-state index in [0.717, 1.165) is 24.1 Å². The summed E-state index contributed by atoms with van der Waals surface area (Å²) in [5.74, 6) is 5.89. The van der Waals surface area contributed by atoms with Crippen LogP contribution in [-0.2, 0) is 7.05 Å².